The van der Waals surface area contributed by atoms with Crippen LogP contribution in [0.4, 0.5) is 0 Å². The fourth-order valence-corrected chi connectivity index (χ4v) is 2.34. The van der Waals surface area contributed by atoms with Crippen LogP contribution in [-0.4, -0.2) is 29.6 Å². The Balaban J connectivity index is 0.00000361. The second kappa shape index (κ2) is 11.1. The maximum atomic E-state index is 10.4. The van der Waals surface area contributed by atoms with Crippen LogP contribution in [-0.2, 0) is 0 Å². The van der Waals surface area contributed by atoms with Gasteiger partial charge in [-0.3, -0.25) is 0 Å². The summed E-state index contributed by atoms with van der Waals surface area (Å²) in [6.45, 7) is 5.41. The Morgan fingerprint density at radius 3 is 2.25 bits per heavy atom. The first kappa shape index (κ1) is 19.4. The van der Waals surface area contributed by atoms with Gasteiger partial charge in [0.15, 0.2) is 0 Å². The molecule has 0 bridgehead atoms. The molecule has 0 fully saturated rings. The van der Waals surface area contributed by atoms with E-state index in [-0.39, 0.29) is 18.4 Å². The highest BCUT2D eigenvalue weighted by molar-refractivity contribution is 5.85. The van der Waals surface area contributed by atoms with Gasteiger partial charge in [0, 0.05) is 6.04 Å². The summed E-state index contributed by atoms with van der Waals surface area (Å²) in [6, 6.07) is 10.1. The minimum absolute atomic E-state index is 0. The number of likely N-dealkylation sites (N-methyl/N-ethyl adjacent to an activating group) is 1. The molecule has 0 aliphatic rings. The molecule has 20 heavy (non-hydrogen) atoms. The zero-order valence-corrected chi connectivity index (χ0v) is 13.9. The Hall–Kier alpha value is -0.570. The third kappa shape index (κ3) is 6.74. The number of rotatable bonds is 9. The highest BCUT2D eigenvalue weighted by Gasteiger charge is 2.19. The average Bonchev–Trinajstić information content (AvgIpc) is 2.46. The first-order valence-electron chi connectivity index (χ1n) is 7.60. The summed E-state index contributed by atoms with van der Waals surface area (Å²) in [5.74, 6) is 0. The van der Waals surface area contributed by atoms with Crippen LogP contribution in [0.2, 0.25) is 0 Å². The summed E-state index contributed by atoms with van der Waals surface area (Å²) in [5.41, 5.74) is 1.01. The molecule has 0 saturated heterocycles. The van der Waals surface area contributed by atoms with Crippen LogP contribution in [0.5, 0.6) is 0 Å². The van der Waals surface area contributed by atoms with E-state index in [1.807, 2.05) is 30.3 Å². The van der Waals surface area contributed by atoms with E-state index < -0.39 is 6.10 Å². The number of nitrogens with zero attached hydrogens (tertiary/aromatic N) is 1. The van der Waals surface area contributed by atoms with Crippen LogP contribution in [0.3, 0.4) is 0 Å². The Morgan fingerprint density at radius 1 is 1.05 bits per heavy atom. The van der Waals surface area contributed by atoms with Gasteiger partial charge < -0.3 is 10.0 Å². The molecule has 0 amide bonds. The van der Waals surface area contributed by atoms with E-state index in [4.69, 9.17) is 0 Å². The van der Waals surface area contributed by atoms with Crippen molar-refractivity contribution in [1.82, 2.24) is 4.90 Å². The van der Waals surface area contributed by atoms with Gasteiger partial charge in [0.2, 0.25) is 0 Å². The van der Waals surface area contributed by atoms with E-state index in [2.05, 4.69) is 25.8 Å². The molecular formula is C17H30ClNO. The summed E-state index contributed by atoms with van der Waals surface area (Å²) >= 11 is 0. The molecule has 1 aromatic carbocycles. The van der Waals surface area contributed by atoms with Crippen LogP contribution in [0.15, 0.2) is 30.3 Å². The lowest BCUT2D eigenvalue weighted by Crippen LogP contribution is -2.35. The first-order chi connectivity index (χ1) is 9.16. The van der Waals surface area contributed by atoms with Crippen molar-refractivity contribution in [2.75, 3.05) is 13.6 Å². The van der Waals surface area contributed by atoms with Gasteiger partial charge >= 0.3 is 0 Å². The van der Waals surface area contributed by atoms with E-state index in [1.54, 1.807) is 0 Å². The smallest absolute Gasteiger partial charge is 0.0942 e. The highest BCUT2D eigenvalue weighted by atomic mass is 35.5. The molecule has 1 N–H and O–H groups in total. The number of aliphatic hydroxyl groups is 1. The maximum Gasteiger partial charge on any atom is 0.0942 e. The van der Waals surface area contributed by atoms with Gasteiger partial charge in [0.05, 0.1) is 6.10 Å². The van der Waals surface area contributed by atoms with Gasteiger partial charge in [-0.1, -0.05) is 62.9 Å². The molecule has 0 heterocycles. The minimum Gasteiger partial charge on any atom is -0.387 e. The standard InChI is InChI=1S/C17H29NO.ClH/c1-4-5-6-7-11-14-18(3)15(2)17(19)16-12-9-8-10-13-16;/h8-10,12-13,15,17,19H,4-7,11,14H2,1-3H3;1H. The molecule has 116 valence electrons. The zero-order chi connectivity index (χ0) is 14.1. The van der Waals surface area contributed by atoms with E-state index in [9.17, 15) is 5.11 Å². The summed E-state index contributed by atoms with van der Waals surface area (Å²) in [4.78, 5) is 2.27. The van der Waals surface area contributed by atoms with Crippen LogP contribution < -0.4 is 0 Å². The molecule has 2 atom stereocenters. The van der Waals surface area contributed by atoms with Crippen LogP contribution in [0.25, 0.3) is 0 Å². The van der Waals surface area contributed by atoms with Crippen molar-refractivity contribution in [2.45, 2.75) is 58.1 Å². The zero-order valence-electron chi connectivity index (χ0n) is 13.1. The van der Waals surface area contributed by atoms with Crippen molar-refractivity contribution in [3.8, 4) is 0 Å². The molecule has 2 nitrogen and oxygen atoms in total. The third-order valence-electron chi connectivity index (χ3n) is 3.91. The molecule has 0 aliphatic carbocycles. The predicted octanol–water partition coefficient (Wildman–Crippen LogP) is 4.43. The van der Waals surface area contributed by atoms with E-state index in [1.165, 1.54) is 32.1 Å². The van der Waals surface area contributed by atoms with E-state index >= 15 is 0 Å². The highest BCUT2D eigenvalue weighted by Crippen LogP contribution is 2.20. The lowest BCUT2D eigenvalue weighted by Gasteiger charge is -2.29. The van der Waals surface area contributed by atoms with Crippen LogP contribution in [0.1, 0.15) is 57.6 Å². The largest absolute Gasteiger partial charge is 0.387 e. The Bertz CT molecular complexity index is 331. The van der Waals surface area contributed by atoms with E-state index in [0.717, 1.165) is 12.1 Å². The number of benzene rings is 1. The number of halogens is 1. The van der Waals surface area contributed by atoms with Crippen molar-refractivity contribution >= 4 is 12.4 Å². The van der Waals surface area contributed by atoms with Crippen LogP contribution >= 0.6 is 12.4 Å². The van der Waals surface area contributed by atoms with Crippen LogP contribution in [0, 0.1) is 0 Å². The monoisotopic (exact) mass is 299 g/mol. The summed E-state index contributed by atoms with van der Waals surface area (Å²) < 4.78 is 0. The second-order valence-corrected chi connectivity index (χ2v) is 5.49. The molecular weight excluding hydrogens is 270 g/mol. The predicted molar refractivity (Wildman–Crippen MR) is 89.5 cm³/mol. The first-order valence-corrected chi connectivity index (χ1v) is 7.60. The maximum absolute atomic E-state index is 10.4. The lowest BCUT2D eigenvalue weighted by molar-refractivity contribution is 0.0717. The molecule has 0 aromatic heterocycles. The van der Waals surface area contributed by atoms with Crippen molar-refractivity contribution in [3.63, 3.8) is 0 Å². The van der Waals surface area contributed by atoms with Gasteiger partial charge in [-0.05, 0) is 32.5 Å². The van der Waals surface area contributed by atoms with Crippen molar-refractivity contribution in [2.24, 2.45) is 0 Å². The molecule has 3 heteroatoms. The van der Waals surface area contributed by atoms with Gasteiger partial charge in [0.1, 0.15) is 0 Å². The topological polar surface area (TPSA) is 23.5 Å². The average molecular weight is 300 g/mol. The van der Waals surface area contributed by atoms with Crippen molar-refractivity contribution < 1.29 is 5.11 Å². The Labute approximate surface area is 130 Å². The lowest BCUT2D eigenvalue weighted by atomic mass is 10.0. The molecule has 0 saturated carbocycles. The second-order valence-electron chi connectivity index (χ2n) is 5.49. The summed E-state index contributed by atoms with van der Waals surface area (Å²) in [6.07, 6.45) is 6.08. The Morgan fingerprint density at radius 2 is 1.65 bits per heavy atom. The fourth-order valence-electron chi connectivity index (χ4n) is 2.34. The summed E-state index contributed by atoms with van der Waals surface area (Å²) in [7, 11) is 2.11. The van der Waals surface area contributed by atoms with Gasteiger partial charge in [-0.25, -0.2) is 0 Å². The molecule has 1 rings (SSSR count). The van der Waals surface area contributed by atoms with Crippen molar-refractivity contribution in [1.29, 1.82) is 0 Å². The van der Waals surface area contributed by atoms with E-state index in [0.29, 0.717) is 0 Å². The molecule has 2 unspecified atom stereocenters. The molecule has 1 aromatic rings. The van der Waals surface area contributed by atoms with Crippen molar-refractivity contribution in [3.05, 3.63) is 35.9 Å². The third-order valence-corrected chi connectivity index (χ3v) is 3.91. The number of hydrogen-bond acceptors (Lipinski definition) is 2. The molecule has 0 radical (unpaired) electrons. The quantitative estimate of drug-likeness (QED) is 0.682. The number of unbranched alkanes of at least 4 members (excludes halogenated alkanes) is 4. The Kier molecular flexibility index (Phi) is 10.8. The van der Waals surface area contributed by atoms with Gasteiger partial charge in [-0.2, -0.15) is 0 Å². The van der Waals surface area contributed by atoms with Gasteiger partial charge in [-0.15, -0.1) is 12.4 Å². The summed E-state index contributed by atoms with van der Waals surface area (Å²) in [5, 5.41) is 10.4. The molecule has 0 spiro atoms. The number of hydrogen-bond donors (Lipinski definition) is 1. The molecule has 0 aliphatic heterocycles. The SMILES string of the molecule is CCCCCCCN(C)C(C)C(O)c1ccccc1.Cl. The minimum atomic E-state index is -0.401. The number of aliphatic hydroxyl groups excluding tert-OH is 1. The fraction of sp³-hybridized carbons (Fsp3) is 0.647. The van der Waals surface area contributed by atoms with Gasteiger partial charge in [0.25, 0.3) is 0 Å². The normalized spacial score (nSPS) is 13.8.